The number of nitrogens with one attached hydrogen (secondary N) is 1. The normalized spacial score (nSPS) is 11.1. The van der Waals surface area contributed by atoms with Crippen LogP contribution < -0.4 is 5.73 Å². The van der Waals surface area contributed by atoms with Crippen LogP contribution in [0.2, 0.25) is 0 Å². The van der Waals surface area contributed by atoms with Crippen LogP contribution >= 0.6 is 0 Å². The Hall–Kier alpha value is -1.98. The van der Waals surface area contributed by atoms with E-state index in [1.165, 1.54) is 12.3 Å². The Balaban J connectivity index is 2.74. The molecule has 4 nitrogen and oxygen atoms in total. The second-order valence-corrected chi connectivity index (χ2v) is 2.99. The first-order valence-corrected chi connectivity index (χ1v) is 4.15. The van der Waals surface area contributed by atoms with Crippen molar-refractivity contribution in [2.45, 2.75) is 6.43 Å². The highest BCUT2D eigenvalue weighted by Crippen LogP contribution is 2.27. The molecule has 15 heavy (non-hydrogen) atoms. The number of hydrogen-bond acceptors (Lipinski definition) is 2. The Morgan fingerprint density at radius 2 is 2.27 bits per heavy atom. The summed E-state index contributed by atoms with van der Waals surface area (Å²) in [6, 6.07) is 1.39. The Labute approximate surface area is 83.1 Å². The minimum Gasteiger partial charge on any atom is -0.366 e. The first kappa shape index (κ1) is 9.57. The lowest BCUT2D eigenvalue weighted by molar-refractivity contribution is 0.100. The van der Waals surface area contributed by atoms with Crippen molar-refractivity contribution in [1.29, 1.82) is 0 Å². The number of hydrogen-bond donors (Lipinski definition) is 2. The minimum atomic E-state index is -2.63. The molecule has 2 aromatic heterocycles. The molecule has 0 aliphatic heterocycles. The van der Waals surface area contributed by atoms with Gasteiger partial charge in [0.15, 0.2) is 0 Å². The maximum absolute atomic E-state index is 12.5. The molecular formula is C9H7F2N3O. The van der Waals surface area contributed by atoms with Crippen molar-refractivity contribution in [2.75, 3.05) is 0 Å². The first-order chi connectivity index (χ1) is 7.11. The van der Waals surface area contributed by atoms with Crippen LogP contribution in [0.1, 0.15) is 22.3 Å². The number of carbonyl (C=O) groups is 1. The summed E-state index contributed by atoms with van der Waals surface area (Å²) >= 11 is 0. The van der Waals surface area contributed by atoms with Crippen LogP contribution in [0.25, 0.3) is 11.0 Å². The number of pyridine rings is 1. The summed E-state index contributed by atoms with van der Waals surface area (Å²) < 4.78 is 25.0. The lowest BCUT2D eigenvalue weighted by Crippen LogP contribution is -2.11. The molecule has 0 radical (unpaired) electrons. The van der Waals surface area contributed by atoms with E-state index in [1.807, 2.05) is 0 Å². The van der Waals surface area contributed by atoms with Gasteiger partial charge in [-0.15, -0.1) is 0 Å². The number of rotatable bonds is 2. The van der Waals surface area contributed by atoms with Crippen LogP contribution in [0.5, 0.6) is 0 Å². The van der Waals surface area contributed by atoms with Crippen molar-refractivity contribution < 1.29 is 13.6 Å². The van der Waals surface area contributed by atoms with E-state index in [-0.39, 0.29) is 22.2 Å². The topological polar surface area (TPSA) is 71.8 Å². The summed E-state index contributed by atoms with van der Waals surface area (Å²) in [6.45, 7) is 0. The van der Waals surface area contributed by atoms with Gasteiger partial charge in [-0.25, -0.2) is 8.78 Å². The smallest absolute Gasteiger partial charge is 0.267 e. The van der Waals surface area contributed by atoms with Crippen molar-refractivity contribution in [3.63, 3.8) is 0 Å². The number of carbonyl (C=O) groups excluding carboxylic acids is 1. The zero-order valence-electron chi connectivity index (χ0n) is 7.50. The highest BCUT2D eigenvalue weighted by Gasteiger charge is 2.17. The van der Waals surface area contributed by atoms with Crippen LogP contribution in [0.4, 0.5) is 8.78 Å². The predicted molar refractivity (Wildman–Crippen MR) is 49.6 cm³/mol. The van der Waals surface area contributed by atoms with Gasteiger partial charge in [-0.2, -0.15) is 0 Å². The molecule has 0 aliphatic carbocycles. The molecule has 2 rings (SSSR count). The van der Waals surface area contributed by atoms with E-state index in [1.54, 1.807) is 0 Å². The molecule has 0 fully saturated rings. The molecule has 2 heterocycles. The van der Waals surface area contributed by atoms with Crippen LogP contribution in [-0.2, 0) is 0 Å². The molecule has 0 atom stereocenters. The van der Waals surface area contributed by atoms with Crippen LogP contribution in [0.15, 0.2) is 18.5 Å². The van der Waals surface area contributed by atoms with E-state index in [9.17, 15) is 13.6 Å². The average molecular weight is 211 g/mol. The molecule has 0 saturated carbocycles. The summed E-state index contributed by atoms with van der Waals surface area (Å²) in [7, 11) is 0. The number of primary amides is 1. The van der Waals surface area contributed by atoms with E-state index < -0.39 is 12.3 Å². The maximum atomic E-state index is 12.5. The lowest BCUT2D eigenvalue weighted by Gasteiger charge is -1.98. The van der Waals surface area contributed by atoms with Crippen molar-refractivity contribution in [1.82, 2.24) is 9.97 Å². The van der Waals surface area contributed by atoms with Gasteiger partial charge in [0, 0.05) is 12.4 Å². The fourth-order valence-corrected chi connectivity index (χ4v) is 1.42. The summed E-state index contributed by atoms with van der Waals surface area (Å²) in [4.78, 5) is 17.3. The Kier molecular flexibility index (Phi) is 2.11. The zero-order chi connectivity index (χ0) is 11.0. The minimum absolute atomic E-state index is 0.0845. The van der Waals surface area contributed by atoms with Crippen molar-refractivity contribution in [3.8, 4) is 0 Å². The summed E-state index contributed by atoms with van der Waals surface area (Å²) in [5, 5.41) is 0. The highest BCUT2D eigenvalue weighted by molar-refractivity contribution is 6.04. The monoisotopic (exact) mass is 211 g/mol. The third-order valence-corrected chi connectivity index (χ3v) is 2.10. The molecule has 0 spiro atoms. The van der Waals surface area contributed by atoms with Crippen molar-refractivity contribution >= 4 is 16.9 Å². The molecule has 0 saturated heterocycles. The van der Waals surface area contributed by atoms with Gasteiger partial charge in [0.1, 0.15) is 0 Å². The Morgan fingerprint density at radius 1 is 1.53 bits per heavy atom. The largest absolute Gasteiger partial charge is 0.366 e. The lowest BCUT2D eigenvalue weighted by atomic mass is 10.2. The Morgan fingerprint density at radius 3 is 2.87 bits per heavy atom. The third-order valence-electron chi connectivity index (χ3n) is 2.10. The molecule has 2 aromatic rings. The van der Waals surface area contributed by atoms with E-state index in [2.05, 4.69) is 9.97 Å². The van der Waals surface area contributed by atoms with Crippen LogP contribution in [0, 0.1) is 0 Å². The van der Waals surface area contributed by atoms with E-state index in [0.29, 0.717) is 0 Å². The van der Waals surface area contributed by atoms with Gasteiger partial charge in [0.2, 0.25) is 0 Å². The van der Waals surface area contributed by atoms with Crippen molar-refractivity contribution in [2.24, 2.45) is 5.73 Å². The zero-order valence-corrected chi connectivity index (χ0v) is 7.50. The summed E-state index contributed by atoms with van der Waals surface area (Å²) in [6.07, 6.45) is -0.217. The van der Waals surface area contributed by atoms with E-state index in [4.69, 9.17) is 5.73 Å². The highest BCUT2D eigenvalue weighted by atomic mass is 19.3. The van der Waals surface area contributed by atoms with Crippen LogP contribution in [0.3, 0.4) is 0 Å². The molecule has 0 unspecified atom stereocenters. The molecule has 1 amide bonds. The molecule has 0 aromatic carbocycles. The van der Waals surface area contributed by atoms with Gasteiger partial charge in [0.25, 0.3) is 12.3 Å². The van der Waals surface area contributed by atoms with Gasteiger partial charge < -0.3 is 10.7 Å². The first-order valence-electron chi connectivity index (χ1n) is 4.15. The molecule has 78 valence electrons. The van der Waals surface area contributed by atoms with Gasteiger partial charge in [-0.05, 0) is 6.07 Å². The standard InChI is InChI=1S/C9H7F2N3O/c10-8(11)5-3-14-6-4(9(12)15)1-2-13-7(5)6/h1-3,8,14H,(H2,12,15). The third kappa shape index (κ3) is 1.43. The fraction of sp³-hybridized carbons (Fsp3) is 0.111. The second kappa shape index (κ2) is 3.30. The number of aromatic nitrogens is 2. The van der Waals surface area contributed by atoms with Gasteiger partial charge >= 0.3 is 0 Å². The predicted octanol–water partition coefficient (Wildman–Crippen LogP) is 1.60. The number of nitrogens with zero attached hydrogens (tertiary/aromatic N) is 1. The maximum Gasteiger partial charge on any atom is 0.267 e. The average Bonchev–Trinajstić information content (AvgIpc) is 2.59. The van der Waals surface area contributed by atoms with E-state index in [0.717, 1.165) is 6.20 Å². The fourth-order valence-electron chi connectivity index (χ4n) is 1.42. The molecular weight excluding hydrogens is 204 g/mol. The van der Waals surface area contributed by atoms with Crippen LogP contribution in [-0.4, -0.2) is 15.9 Å². The molecule has 3 N–H and O–H groups in total. The molecule has 0 bridgehead atoms. The SMILES string of the molecule is NC(=O)c1ccnc2c(C(F)F)c[nH]c12. The molecule has 0 aliphatic rings. The van der Waals surface area contributed by atoms with Gasteiger partial charge in [-0.3, -0.25) is 9.78 Å². The second-order valence-electron chi connectivity index (χ2n) is 2.99. The Bertz CT molecular complexity index is 521. The van der Waals surface area contributed by atoms with Gasteiger partial charge in [-0.1, -0.05) is 0 Å². The van der Waals surface area contributed by atoms with E-state index >= 15 is 0 Å². The number of amides is 1. The number of fused-ring (bicyclic) bond motifs is 1. The number of halogens is 2. The number of H-pyrrole nitrogens is 1. The number of nitrogens with two attached hydrogens (primary N) is 1. The van der Waals surface area contributed by atoms with Crippen molar-refractivity contribution in [3.05, 3.63) is 29.6 Å². The molecule has 6 heteroatoms. The van der Waals surface area contributed by atoms with Gasteiger partial charge in [0.05, 0.1) is 22.2 Å². The summed E-state index contributed by atoms with van der Waals surface area (Å²) in [5.74, 6) is -0.676. The number of aromatic amines is 1. The number of alkyl halides is 2. The summed E-state index contributed by atoms with van der Waals surface area (Å²) in [5.41, 5.74) is 5.36. The quantitative estimate of drug-likeness (QED) is 0.791.